The smallest absolute Gasteiger partial charge is 0.0727 e. The van der Waals surface area contributed by atoms with Crippen molar-refractivity contribution in [3.63, 3.8) is 0 Å². The molecule has 0 heterocycles. The standard InChI is InChI=1S/C15H22OS2/c1-5-9-10-15(8-4)18-12-13(16)11-17-14(6-2)7-3/h5-10,13,16H,2,4,11-12H2,1,3H3/b9-5-,14-7+,15-10+. The highest BCUT2D eigenvalue weighted by Crippen LogP contribution is 2.22. The molecule has 100 valence electrons. The van der Waals surface area contributed by atoms with E-state index >= 15 is 0 Å². The van der Waals surface area contributed by atoms with Crippen molar-refractivity contribution in [2.45, 2.75) is 20.0 Å². The van der Waals surface area contributed by atoms with E-state index in [1.165, 1.54) is 0 Å². The van der Waals surface area contributed by atoms with Crippen LogP contribution in [0.2, 0.25) is 0 Å². The van der Waals surface area contributed by atoms with Crippen LogP contribution < -0.4 is 0 Å². The van der Waals surface area contributed by atoms with Crippen molar-refractivity contribution < 1.29 is 5.11 Å². The van der Waals surface area contributed by atoms with Crippen molar-refractivity contribution in [2.75, 3.05) is 11.5 Å². The highest BCUT2D eigenvalue weighted by molar-refractivity contribution is 8.04. The average molecular weight is 282 g/mol. The van der Waals surface area contributed by atoms with Crippen LogP contribution in [0.15, 0.2) is 59.4 Å². The highest BCUT2D eigenvalue weighted by atomic mass is 32.2. The zero-order valence-corrected chi connectivity index (χ0v) is 12.8. The third-order valence-electron chi connectivity index (χ3n) is 2.02. The Morgan fingerprint density at radius 3 is 2.11 bits per heavy atom. The molecular formula is C15H22OS2. The third-order valence-corrected chi connectivity index (χ3v) is 4.50. The SMILES string of the molecule is C=C/C(=C\C)SCC(O)CS/C(C=C)=C/C=C\C. The maximum absolute atomic E-state index is 9.88. The lowest BCUT2D eigenvalue weighted by Crippen LogP contribution is -2.13. The Kier molecular flexibility index (Phi) is 11.0. The van der Waals surface area contributed by atoms with Crippen molar-refractivity contribution in [3.05, 3.63) is 59.4 Å². The van der Waals surface area contributed by atoms with E-state index in [2.05, 4.69) is 13.2 Å². The summed E-state index contributed by atoms with van der Waals surface area (Å²) < 4.78 is 0. The molecular weight excluding hydrogens is 260 g/mol. The van der Waals surface area contributed by atoms with E-state index in [1.54, 1.807) is 23.5 Å². The number of aliphatic hydroxyl groups is 1. The van der Waals surface area contributed by atoms with E-state index in [4.69, 9.17) is 0 Å². The molecule has 0 saturated carbocycles. The Bertz CT molecular complexity index is 340. The van der Waals surface area contributed by atoms with Crippen LogP contribution in [0.3, 0.4) is 0 Å². The van der Waals surface area contributed by atoms with Crippen LogP contribution >= 0.6 is 23.5 Å². The number of allylic oxidation sites excluding steroid dienone is 6. The van der Waals surface area contributed by atoms with Crippen molar-refractivity contribution in [1.29, 1.82) is 0 Å². The Labute approximate surface area is 119 Å². The number of hydrogen-bond donors (Lipinski definition) is 1. The largest absolute Gasteiger partial charge is 0.391 e. The number of hydrogen-bond acceptors (Lipinski definition) is 3. The lowest BCUT2D eigenvalue weighted by molar-refractivity contribution is 0.225. The number of rotatable bonds is 9. The predicted molar refractivity (Wildman–Crippen MR) is 88.0 cm³/mol. The van der Waals surface area contributed by atoms with E-state index in [1.807, 2.05) is 50.3 Å². The minimum absolute atomic E-state index is 0.330. The Morgan fingerprint density at radius 1 is 1.11 bits per heavy atom. The van der Waals surface area contributed by atoms with Gasteiger partial charge < -0.3 is 5.11 Å². The topological polar surface area (TPSA) is 20.2 Å². The van der Waals surface area contributed by atoms with Crippen LogP contribution in [0.4, 0.5) is 0 Å². The van der Waals surface area contributed by atoms with Crippen LogP contribution in [-0.4, -0.2) is 22.7 Å². The van der Waals surface area contributed by atoms with Gasteiger partial charge in [-0.3, -0.25) is 0 Å². The molecule has 0 fully saturated rings. The number of aliphatic hydroxyl groups excluding tert-OH is 1. The summed E-state index contributed by atoms with van der Waals surface area (Å²) in [6, 6.07) is 0. The summed E-state index contributed by atoms with van der Waals surface area (Å²) in [6.07, 6.45) is 11.2. The minimum Gasteiger partial charge on any atom is -0.391 e. The van der Waals surface area contributed by atoms with Crippen LogP contribution in [0.1, 0.15) is 13.8 Å². The first-order chi connectivity index (χ1) is 8.67. The Balaban J connectivity index is 4.05. The predicted octanol–water partition coefficient (Wildman–Crippen LogP) is 4.55. The molecule has 0 aliphatic rings. The normalized spacial score (nSPS) is 14.8. The van der Waals surface area contributed by atoms with Gasteiger partial charge in [-0.25, -0.2) is 0 Å². The molecule has 0 amide bonds. The van der Waals surface area contributed by atoms with Gasteiger partial charge in [-0.2, -0.15) is 0 Å². The second kappa shape index (κ2) is 11.5. The summed E-state index contributed by atoms with van der Waals surface area (Å²) in [5, 5.41) is 9.88. The molecule has 1 atom stereocenters. The second-order valence-corrected chi connectivity index (χ2v) is 5.66. The summed E-state index contributed by atoms with van der Waals surface area (Å²) in [4.78, 5) is 2.18. The van der Waals surface area contributed by atoms with E-state index in [0.717, 1.165) is 9.81 Å². The van der Waals surface area contributed by atoms with Crippen LogP contribution in [0.25, 0.3) is 0 Å². The molecule has 3 heteroatoms. The van der Waals surface area contributed by atoms with Crippen molar-refractivity contribution in [2.24, 2.45) is 0 Å². The minimum atomic E-state index is -0.330. The van der Waals surface area contributed by atoms with Crippen LogP contribution in [0.5, 0.6) is 0 Å². The van der Waals surface area contributed by atoms with Gasteiger partial charge in [0.25, 0.3) is 0 Å². The Hall–Kier alpha value is -0.640. The monoisotopic (exact) mass is 282 g/mol. The van der Waals surface area contributed by atoms with Crippen LogP contribution in [0, 0.1) is 0 Å². The first-order valence-electron chi connectivity index (χ1n) is 5.85. The zero-order chi connectivity index (χ0) is 13.8. The molecule has 1 N–H and O–H groups in total. The maximum Gasteiger partial charge on any atom is 0.0727 e. The maximum atomic E-state index is 9.88. The summed E-state index contributed by atoms with van der Waals surface area (Å²) in [7, 11) is 0. The van der Waals surface area contributed by atoms with Gasteiger partial charge in [-0.15, -0.1) is 23.5 Å². The van der Waals surface area contributed by atoms with Gasteiger partial charge in [0.1, 0.15) is 0 Å². The van der Waals surface area contributed by atoms with Gasteiger partial charge in [0, 0.05) is 21.3 Å². The van der Waals surface area contributed by atoms with Gasteiger partial charge in [0.2, 0.25) is 0 Å². The molecule has 0 aromatic rings. The highest BCUT2D eigenvalue weighted by Gasteiger charge is 2.06. The fraction of sp³-hybridized carbons (Fsp3) is 0.333. The van der Waals surface area contributed by atoms with Gasteiger partial charge in [0.15, 0.2) is 0 Å². The molecule has 1 nitrogen and oxygen atoms in total. The zero-order valence-electron chi connectivity index (χ0n) is 11.1. The second-order valence-electron chi connectivity index (χ2n) is 3.47. The molecule has 0 rings (SSSR count). The van der Waals surface area contributed by atoms with Gasteiger partial charge in [0.05, 0.1) is 6.10 Å². The quantitative estimate of drug-likeness (QED) is 0.627. The summed E-state index contributed by atoms with van der Waals surface area (Å²) in [6.45, 7) is 11.4. The molecule has 0 radical (unpaired) electrons. The van der Waals surface area contributed by atoms with Gasteiger partial charge in [-0.05, 0) is 19.9 Å². The van der Waals surface area contributed by atoms with Crippen molar-refractivity contribution in [1.82, 2.24) is 0 Å². The van der Waals surface area contributed by atoms with Gasteiger partial charge in [-0.1, -0.05) is 43.5 Å². The average Bonchev–Trinajstić information content (AvgIpc) is 2.40. The first kappa shape index (κ1) is 17.4. The van der Waals surface area contributed by atoms with Crippen LogP contribution in [-0.2, 0) is 0 Å². The summed E-state index contributed by atoms with van der Waals surface area (Å²) >= 11 is 3.25. The van der Waals surface area contributed by atoms with E-state index in [9.17, 15) is 5.11 Å². The molecule has 0 bridgehead atoms. The third kappa shape index (κ3) is 8.45. The molecule has 0 spiro atoms. The lowest BCUT2D eigenvalue weighted by Gasteiger charge is -2.10. The first-order valence-corrected chi connectivity index (χ1v) is 7.82. The number of thioether (sulfide) groups is 2. The summed E-state index contributed by atoms with van der Waals surface area (Å²) in [5.74, 6) is 1.36. The van der Waals surface area contributed by atoms with E-state index < -0.39 is 0 Å². The van der Waals surface area contributed by atoms with E-state index in [-0.39, 0.29) is 6.10 Å². The lowest BCUT2D eigenvalue weighted by atomic mass is 10.4. The van der Waals surface area contributed by atoms with Crippen molar-refractivity contribution in [3.8, 4) is 0 Å². The fourth-order valence-electron chi connectivity index (χ4n) is 1.06. The Morgan fingerprint density at radius 2 is 1.67 bits per heavy atom. The molecule has 18 heavy (non-hydrogen) atoms. The molecule has 0 saturated heterocycles. The molecule has 0 aliphatic carbocycles. The summed E-state index contributed by atoms with van der Waals surface area (Å²) in [5.41, 5.74) is 0. The molecule has 0 aromatic heterocycles. The van der Waals surface area contributed by atoms with Gasteiger partial charge >= 0.3 is 0 Å². The molecule has 0 aliphatic heterocycles. The fourth-order valence-corrected chi connectivity index (χ4v) is 2.79. The molecule has 1 unspecified atom stereocenters. The van der Waals surface area contributed by atoms with Crippen molar-refractivity contribution >= 4 is 23.5 Å². The van der Waals surface area contributed by atoms with E-state index in [0.29, 0.717) is 11.5 Å². The molecule has 0 aromatic carbocycles.